The lowest BCUT2D eigenvalue weighted by Crippen LogP contribution is -2.39. The Kier molecular flexibility index (Phi) is 2.05. The fourth-order valence-corrected chi connectivity index (χ4v) is 0.794. The number of hydrogen-bond donors (Lipinski definition) is 1. The SMILES string of the molecule is CNC(=O)CC1CC[N]1. The van der Waals surface area contributed by atoms with Crippen molar-refractivity contribution in [3.05, 3.63) is 0 Å². The van der Waals surface area contributed by atoms with Crippen LogP contribution < -0.4 is 10.6 Å². The molecular weight excluding hydrogens is 116 g/mol. The van der Waals surface area contributed by atoms with Gasteiger partial charge in [-0.1, -0.05) is 0 Å². The van der Waals surface area contributed by atoms with E-state index in [9.17, 15) is 4.79 Å². The molecule has 1 saturated heterocycles. The zero-order valence-electron chi connectivity index (χ0n) is 5.55. The molecule has 1 atom stereocenters. The first-order valence-corrected chi connectivity index (χ1v) is 3.20. The first kappa shape index (κ1) is 6.55. The third kappa shape index (κ3) is 1.68. The first-order valence-electron chi connectivity index (χ1n) is 3.20. The van der Waals surface area contributed by atoms with Gasteiger partial charge in [0.2, 0.25) is 5.91 Å². The van der Waals surface area contributed by atoms with Crippen LogP contribution in [0.4, 0.5) is 0 Å². The highest BCUT2D eigenvalue weighted by molar-refractivity contribution is 5.76. The summed E-state index contributed by atoms with van der Waals surface area (Å²) in [5.74, 6) is 0.100. The average Bonchev–Trinajstić information content (AvgIpc) is 1.78. The van der Waals surface area contributed by atoms with Gasteiger partial charge in [-0.05, 0) is 6.42 Å². The van der Waals surface area contributed by atoms with Gasteiger partial charge in [-0.2, -0.15) is 0 Å². The number of amides is 1. The molecule has 1 amide bonds. The van der Waals surface area contributed by atoms with Crippen molar-refractivity contribution in [3.8, 4) is 0 Å². The van der Waals surface area contributed by atoms with Crippen LogP contribution in [0.25, 0.3) is 0 Å². The van der Waals surface area contributed by atoms with Crippen molar-refractivity contribution in [2.45, 2.75) is 18.9 Å². The van der Waals surface area contributed by atoms with Gasteiger partial charge in [-0.15, -0.1) is 0 Å². The van der Waals surface area contributed by atoms with Gasteiger partial charge in [0.15, 0.2) is 0 Å². The molecule has 1 aliphatic heterocycles. The number of carbonyl (C=O) groups excluding carboxylic acids is 1. The van der Waals surface area contributed by atoms with Crippen molar-refractivity contribution in [2.75, 3.05) is 13.6 Å². The molecule has 1 N–H and O–H groups in total. The summed E-state index contributed by atoms with van der Waals surface area (Å²) in [6, 6.07) is 0.324. The molecule has 1 radical (unpaired) electrons. The maximum Gasteiger partial charge on any atom is 0.221 e. The third-order valence-corrected chi connectivity index (χ3v) is 1.55. The van der Waals surface area contributed by atoms with E-state index in [1.165, 1.54) is 0 Å². The molecule has 0 aromatic heterocycles. The number of rotatable bonds is 2. The van der Waals surface area contributed by atoms with Gasteiger partial charge in [0.25, 0.3) is 0 Å². The Morgan fingerprint density at radius 1 is 1.89 bits per heavy atom. The molecule has 1 fully saturated rings. The van der Waals surface area contributed by atoms with E-state index in [1.807, 2.05) is 0 Å². The molecule has 0 spiro atoms. The zero-order valence-corrected chi connectivity index (χ0v) is 5.55. The van der Waals surface area contributed by atoms with Gasteiger partial charge < -0.3 is 5.32 Å². The van der Waals surface area contributed by atoms with Crippen LogP contribution in [0.3, 0.4) is 0 Å². The van der Waals surface area contributed by atoms with Gasteiger partial charge in [-0.25, -0.2) is 5.32 Å². The van der Waals surface area contributed by atoms with Crippen LogP contribution >= 0.6 is 0 Å². The van der Waals surface area contributed by atoms with Crippen molar-refractivity contribution < 1.29 is 4.79 Å². The van der Waals surface area contributed by atoms with E-state index in [1.54, 1.807) is 7.05 Å². The fourth-order valence-electron chi connectivity index (χ4n) is 0.794. The topological polar surface area (TPSA) is 43.2 Å². The van der Waals surface area contributed by atoms with E-state index in [0.29, 0.717) is 12.5 Å². The van der Waals surface area contributed by atoms with E-state index in [4.69, 9.17) is 0 Å². The van der Waals surface area contributed by atoms with E-state index in [0.717, 1.165) is 13.0 Å². The second-order valence-corrected chi connectivity index (χ2v) is 2.23. The number of nitrogens with one attached hydrogen (secondary N) is 1. The molecule has 0 bridgehead atoms. The van der Waals surface area contributed by atoms with Gasteiger partial charge in [-0.3, -0.25) is 4.79 Å². The molecule has 0 saturated carbocycles. The molecule has 1 heterocycles. The highest BCUT2D eigenvalue weighted by atomic mass is 16.1. The van der Waals surface area contributed by atoms with Crippen molar-refractivity contribution in [1.29, 1.82) is 0 Å². The van der Waals surface area contributed by atoms with Crippen LogP contribution in [0, 0.1) is 0 Å². The van der Waals surface area contributed by atoms with Crippen LogP contribution in [0.2, 0.25) is 0 Å². The maximum absolute atomic E-state index is 10.6. The van der Waals surface area contributed by atoms with Gasteiger partial charge >= 0.3 is 0 Å². The second-order valence-electron chi connectivity index (χ2n) is 2.23. The highest BCUT2D eigenvalue weighted by Gasteiger charge is 2.20. The van der Waals surface area contributed by atoms with Crippen molar-refractivity contribution >= 4 is 5.91 Å². The van der Waals surface area contributed by atoms with E-state index in [2.05, 4.69) is 10.6 Å². The van der Waals surface area contributed by atoms with Crippen LogP contribution in [0.15, 0.2) is 0 Å². The smallest absolute Gasteiger partial charge is 0.221 e. The summed E-state index contributed by atoms with van der Waals surface area (Å²) in [6.45, 7) is 0.946. The summed E-state index contributed by atoms with van der Waals surface area (Å²) in [6.07, 6.45) is 1.67. The number of hydrogen-bond acceptors (Lipinski definition) is 1. The molecule has 0 aliphatic carbocycles. The van der Waals surface area contributed by atoms with Crippen LogP contribution in [0.5, 0.6) is 0 Å². The molecule has 0 aromatic carbocycles. The summed E-state index contributed by atoms with van der Waals surface area (Å²) in [5.41, 5.74) is 0. The van der Waals surface area contributed by atoms with Gasteiger partial charge in [0.05, 0.1) is 0 Å². The molecule has 9 heavy (non-hydrogen) atoms. The molecule has 1 rings (SSSR count). The van der Waals surface area contributed by atoms with Gasteiger partial charge in [0.1, 0.15) is 0 Å². The van der Waals surface area contributed by atoms with E-state index >= 15 is 0 Å². The third-order valence-electron chi connectivity index (χ3n) is 1.55. The number of nitrogens with zero attached hydrogens (tertiary/aromatic N) is 1. The lowest BCUT2D eigenvalue weighted by Gasteiger charge is -2.23. The predicted octanol–water partition coefficient (Wildman–Crippen LogP) is -0.501. The minimum atomic E-state index is 0.100. The van der Waals surface area contributed by atoms with Crippen molar-refractivity contribution in [1.82, 2.24) is 10.6 Å². The lowest BCUT2D eigenvalue weighted by molar-refractivity contribution is -0.121. The summed E-state index contributed by atoms with van der Waals surface area (Å²) in [7, 11) is 1.65. The fraction of sp³-hybridized carbons (Fsp3) is 0.833. The second kappa shape index (κ2) is 2.82. The Morgan fingerprint density at radius 3 is 2.89 bits per heavy atom. The maximum atomic E-state index is 10.6. The Balaban J connectivity index is 2.09. The van der Waals surface area contributed by atoms with Crippen molar-refractivity contribution in [2.24, 2.45) is 0 Å². The van der Waals surface area contributed by atoms with Crippen molar-refractivity contribution in [3.63, 3.8) is 0 Å². The minimum absolute atomic E-state index is 0.100. The Labute approximate surface area is 54.8 Å². The molecule has 1 unspecified atom stereocenters. The summed E-state index contributed by atoms with van der Waals surface area (Å²) < 4.78 is 0. The van der Waals surface area contributed by atoms with E-state index < -0.39 is 0 Å². The average molecular weight is 127 g/mol. The number of carbonyl (C=O) groups is 1. The predicted molar refractivity (Wildman–Crippen MR) is 34.1 cm³/mol. The molecule has 51 valence electrons. The molecule has 3 nitrogen and oxygen atoms in total. The lowest BCUT2D eigenvalue weighted by atomic mass is 10.0. The normalized spacial score (nSPS) is 24.8. The van der Waals surface area contributed by atoms with Crippen LogP contribution in [-0.4, -0.2) is 25.5 Å². The summed E-state index contributed by atoms with van der Waals surface area (Å²) in [4.78, 5) is 10.6. The largest absolute Gasteiger partial charge is 0.359 e. The van der Waals surface area contributed by atoms with Gasteiger partial charge in [0, 0.05) is 26.1 Å². The highest BCUT2D eigenvalue weighted by Crippen LogP contribution is 2.07. The zero-order chi connectivity index (χ0) is 6.69. The Morgan fingerprint density at radius 2 is 2.56 bits per heavy atom. The summed E-state index contributed by atoms with van der Waals surface area (Å²) in [5, 5.41) is 6.66. The first-order chi connectivity index (χ1) is 4.33. The molecule has 0 aromatic rings. The monoisotopic (exact) mass is 127 g/mol. The molecular formula is C6H11N2O. The Hall–Kier alpha value is -0.570. The molecule has 1 aliphatic rings. The summed E-state index contributed by atoms with van der Waals surface area (Å²) >= 11 is 0. The minimum Gasteiger partial charge on any atom is -0.359 e. The standard InChI is InChI=1S/C6H11N2O/c1-7-6(9)4-5-2-3-8-5/h5H,2-4H2,1H3,(H,7,9). The van der Waals surface area contributed by atoms with Crippen LogP contribution in [0.1, 0.15) is 12.8 Å². The molecule has 3 heteroatoms. The quantitative estimate of drug-likeness (QED) is 0.534. The Bertz CT molecular complexity index is 110. The van der Waals surface area contributed by atoms with E-state index in [-0.39, 0.29) is 5.91 Å². The van der Waals surface area contributed by atoms with Crippen LogP contribution in [-0.2, 0) is 4.79 Å².